The molecule has 4 nitrogen and oxygen atoms in total. The van der Waals surface area contributed by atoms with Gasteiger partial charge in [0.2, 0.25) is 0 Å². The fourth-order valence-corrected chi connectivity index (χ4v) is 1.65. The van der Waals surface area contributed by atoms with Crippen LogP contribution in [0.1, 0.15) is 16.1 Å². The van der Waals surface area contributed by atoms with Crippen molar-refractivity contribution in [2.24, 2.45) is 5.73 Å². The third-order valence-electron chi connectivity index (χ3n) is 2.61. The molecule has 0 unspecified atom stereocenters. The van der Waals surface area contributed by atoms with Crippen LogP contribution in [0, 0.1) is 0 Å². The molecule has 0 spiro atoms. The van der Waals surface area contributed by atoms with Crippen LogP contribution in [0.25, 0.3) is 16.5 Å². The maximum absolute atomic E-state index is 12.6. The van der Waals surface area contributed by atoms with Gasteiger partial charge in [-0.1, -0.05) is 0 Å². The van der Waals surface area contributed by atoms with E-state index in [1.54, 1.807) is 24.3 Å². The van der Waals surface area contributed by atoms with Gasteiger partial charge in [-0.3, -0.25) is 0 Å². The number of fused-ring (bicyclic) bond motifs is 1. The van der Waals surface area contributed by atoms with Gasteiger partial charge in [-0.2, -0.15) is 0 Å². The van der Waals surface area contributed by atoms with Crippen LogP contribution in [0.5, 0.6) is 0 Å². The minimum absolute atomic E-state index is 0.0418. The SMILES string of the molecule is COC(=O)c1ccc2oc(/C(=C/F)CN)cc2c1. The Bertz CT molecular complexity index is 616. The molecule has 0 radical (unpaired) electrons. The smallest absolute Gasteiger partial charge is 0.337 e. The highest BCUT2D eigenvalue weighted by Gasteiger charge is 2.11. The Kier molecular flexibility index (Phi) is 3.43. The lowest BCUT2D eigenvalue weighted by Crippen LogP contribution is -2.00. The molecule has 0 amide bonds. The van der Waals surface area contributed by atoms with E-state index < -0.39 is 5.97 Å². The van der Waals surface area contributed by atoms with Crippen LogP contribution in [0.15, 0.2) is 35.0 Å². The minimum Gasteiger partial charge on any atom is -0.465 e. The zero-order valence-electron chi connectivity index (χ0n) is 9.77. The summed E-state index contributed by atoms with van der Waals surface area (Å²) in [4.78, 5) is 11.4. The number of hydrogen-bond acceptors (Lipinski definition) is 4. The van der Waals surface area contributed by atoms with Crippen LogP contribution < -0.4 is 5.73 Å². The van der Waals surface area contributed by atoms with E-state index in [2.05, 4.69) is 4.74 Å². The fourth-order valence-electron chi connectivity index (χ4n) is 1.65. The lowest BCUT2D eigenvalue weighted by Gasteiger charge is -1.97. The van der Waals surface area contributed by atoms with Gasteiger partial charge in [-0.15, -0.1) is 0 Å². The molecule has 0 fully saturated rings. The Labute approximate surface area is 103 Å². The highest BCUT2D eigenvalue weighted by atomic mass is 19.1. The molecule has 5 heteroatoms. The van der Waals surface area contributed by atoms with Gasteiger partial charge in [0, 0.05) is 17.5 Å². The van der Waals surface area contributed by atoms with Crippen LogP contribution >= 0.6 is 0 Å². The first-order valence-electron chi connectivity index (χ1n) is 5.31. The lowest BCUT2D eigenvalue weighted by atomic mass is 10.1. The quantitative estimate of drug-likeness (QED) is 0.849. The van der Waals surface area contributed by atoms with E-state index in [0.717, 1.165) is 0 Å². The van der Waals surface area contributed by atoms with Gasteiger partial charge in [0.15, 0.2) is 0 Å². The molecule has 1 aromatic carbocycles. The second-order valence-corrected chi connectivity index (χ2v) is 3.69. The van der Waals surface area contributed by atoms with Gasteiger partial charge in [0.25, 0.3) is 0 Å². The number of ether oxygens (including phenoxy) is 1. The standard InChI is InChI=1S/C13H12FNO3/c1-17-13(16)8-2-3-11-9(4-8)5-12(18-11)10(6-14)7-15/h2-6H,7,15H2,1H3/b10-6+. The zero-order valence-corrected chi connectivity index (χ0v) is 9.77. The van der Waals surface area contributed by atoms with Crippen LogP contribution in [-0.2, 0) is 4.74 Å². The van der Waals surface area contributed by atoms with Gasteiger partial charge in [0.1, 0.15) is 11.3 Å². The monoisotopic (exact) mass is 249 g/mol. The van der Waals surface area contributed by atoms with E-state index in [1.807, 2.05) is 0 Å². The maximum Gasteiger partial charge on any atom is 0.337 e. The number of esters is 1. The summed E-state index contributed by atoms with van der Waals surface area (Å²) in [7, 11) is 1.31. The molecular weight excluding hydrogens is 237 g/mol. The van der Waals surface area contributed by atoms with Crippen molar-refractivity contribution in [3.63, 3.8) is 0 Å². The van der Waals surface area contributed by atoms with Gasteiger partial charge in [-0.05, 0) is 24.3 Å². The largest absolute Gasteiger partial charge is 0.465 e. The van der Waals surface area contributed by atoms with E-state index in [1.165, 1.54) is 7.11 Å². The van der Waals surface area contributed by atoms with Crippen molar-refractivity contribution in [3.05, 3.63) is 41.9 Å². The normalized spacial score (nSPS) is 11.8. The second kappa shape index (κ2) is 5.01. The van der Waals surface area contributed by atoms with E-state index in [0.29, 0.717) is 28.6 Å². The number of carbonyl (C=O) groups is 1. The number of halogens is 1. The summed E-state index contributed by atoms with van der Waals surface area (Å²) < 4.78 is 22.6. The van der Waals surface area contributed by atoms with Crippen LogP contribution in [-0.4, -0.2) is 19.6 Å². The molecule has 0 bridgehead atoms. The molecule has 0 saturated carbocycles. The van der Waals surface area contributed by atoms with Crippen LogP contribution in [0.4, 0.5) is 4.39 Å². The summed E-state index contributed by atoms with van der Waals surface area (Å²) in [6.07, 6.45) is 0.416. The fraction of sp³-hybridized carbons (Fsp3) is 0.154. The summed E-state index contributed by atoms with van der Waals surface area (Å²) in [5.41, 5.74) is 6.64. The molecule has 2 aromatic rings. The van der Waals surface area contributed by atoms with Gasteiger partial charge in [-0.25, -0.2) is 9.18 Å². The number of benzene rings is 1. The third-order valence-corrected chi connectivity index (χ3v) is 2.61. The van der Waals surface area contributed by atoms with Crippen molar-refractivity contribution in [1.29, 1.82) is 0 Å². The topological polar surface area (TPSA) is 65.5 Å². The Morgan fingerprint density at radius 2 is 2.28 bits per heavy atom. The highest BCUT2D eigenvalue weighted by molar-refractivity contribution is 5.94. The summed E-state index contributed by atoms with van der Waals surface area (Å²) >= 11 is 0. The van der Waals surface area contributed by atoms with Gasteiger partial charge < -0.3 is 14.9 Å². The zero-order chi connectivity index (χ0) is 13.1. The summed E-state index contributed by atoms with van der Waals surface area (Å²) in [5.74, 6) is -0.0725. The number of furan rings is 1. The third kappa shape index (κ3) is 2.12. The Morgan fingerprint density at radius 3 is 2.89 bits per heavy atom. The molecule has 0 atom stereocenters. The minimum atomic E-state index is -0.431. The molecule has 0 saturated heterocycles. The molecule has 18 heavy (non-hydrogen) atoms. The first-order valence-corrected chi connectivity index (χ1v) is 5.31. The molecule has 94 valence electrons. The Morgan fingerprint density at radius 1 is 1.50 bits per heavy atom. The van der Waals surface area contributed by atoms with E-state index in [-0.39, 0.29) is 12.1 Å². The Balaban J connectivity index is 2.49. The lowest BCUT2D eigenvalue weighted by molar-refractivity contribution is 0.0601. The number of carbonyl (C=O) groups excluding carboxylic acids is 1. The first kappa shape index (κ1) is 12.3. The van der Waals surface area contributed by atoms with Crippen LogP contribution in [0.3, 0.4) is 0 Å². The van der Waals surface area contributed by atoms with Crippen molar-refractivity contribution < 1.29 is 18.3 Å². The van der Waals surface area contributed by atoms with Crippen molar-refractivity contribution in [2.75, 3.05) is 13.7 Å². The molecule has 2 N–H and O–H groups in total. The van der Waals surface area contributed by atoms with Crippen molar-refractivity contribution in [1.82, 2.24) is 0 Å². The van der Waals surface area contributed by atoms with Gasteiger partial charge in [0.05, 0.1) is 19.0 Å². The second-order valence-electron chi connectivity index (χ2n) is 3.69. The van der Waals surface area contributed by atoms with E-state index in [9.17, 15) is 9.18 Å². The summed E-state index contributed by atoms with van der Waals surface area (Å²) in [6, 6.07) is 6.49. The van der Waals surface area contributed by atoms with Crippen LogP contribution in [0.2, 0.25) is 0 Å². The van der Waals surface area contributed by atoms with E-state index >= 15 is 0 Å². The van der Waals surface area contributed by atoms with Crippen molar-refractivity contribution >= 4 is 22.5 Å². The van der Waals surface area contributed by atoms with Crippen molar-refractivity contribution in [2.45, 2.75) is 0 Å². The molecule has 2 rings (SSSR count). The first-order chi connectivity index (χ1) is 8.69. The predicted molar refractivity (Wildman–Crippen MR) is 65.7 cm³/mol. The van der Waals surface area contributed by atoms with E-state index in [4.69, 9.17) is 10.2 Å². The average molecular weight is 249 g/mol. The maximum atomic E-state index is 12.6. The Hall–Kier alpha value is -2.14. The molecule has 0 aliphatic heterocycles. The number of methoxy groups -OCH3 is 1. The van der Waals surface area contributed by atoms with Crippen molar-refractivity contribution in [3.8, 4) is 0 Å². The molecular formula is C13H12FNO3. The van der Waals surface area contributed by atoms with Gasteiger partial charge >= 0.3 is 5.97 Å². The molecule has 0 aliphatic rings. The number of rotatable bonds is 3. The summed E-state index contributed by atoms with van der Waals surface area (Å²) in [6.45, 7) is 0.0418. The molecule has 0 aliphatic carbocycles. The molecule has 1 heterocycles. The number of hydrogen-bond donors (Lipinski definition) is 1. The predicted octanol–water partition coefficient (Wildman–Crippen LogP) is 2.49. The highest BCUT2D eigenvalue weighted by Crippen LogP contribution is 2.25. The average Bonchev–Trinajstić information content (AvgIpc) is 2.81. The summed E-state index contributed by atoms with van der Waals surface area (Å²) in [5, 5.41) is 0.695. The molecule has 1 aromatic heterocycles. The number of nitrogens with two attached hydrogens (primary N) is 1.